The smallest absolute Gasteiger partial charge is 0.280 e. The molecule has 0 spiro atoms. The Labute approximate surface area is 151 Å². The quantitative estimate of drug-likeness (QED) is 0.638. The number of benzene rings is 2. The number of carbonyl (C=O) groups excluding carboxylic acids is 1. The van der Waals surface area contributed by atoms with Crippen LogP contribution in [-0.4, -0.2) is 21.7 Å². The summed E-state index contributed by atoms with van der Waals surface area (Å²) in [6.45, 7) is 0. The Morgan fingerprint density at radius 3 is 1.68 bits per heavy atom. The summed E-state index contributed by atoms with van der Waals surface area (Å²) < 4.78 is 82.7. The van der Waals surface area contributed by atoms with E-state index in [1.807, 2.05) is 0 Å². The van der Waals surface area contributed by atoms with Crippen molar-refractivity contribution >= 4 is 11.6 Å². The highest BCUT2D eigenvalue weighted by Gasteiger charge is 2.37. The van der Waals surface area contributed by atoms with Crippen molar-refractivity contribution in [3.63, 3.8) is 0 Å². The highest BCUT2D eigenvalue weighted by molar-refractivity contribution is 6.30. The molecular formula is C18H6F6N2O2. The van der Waals surface area contributed by atoms with E-state index in [1.54, 1.807) is 0 Å². The Kier molecular flexibility index (Phi) is 3.81. The number of hydrogen-bond donors (Lipinski definition) is 2. The van der Waals surface area contributed by atoms with Crippen LogP contribution < -0.4 is 0 Å². The predicted octanol–water partition coefficient (Wildman–Crippen LogP) is 4.21. The number of nitrogens with zero attached hydrogens (tertiary/aromatic N) is 1. The van der Waals surface area contributed by atoms with E-state index in [-0.39, 0.29) is 0 Å². The van der Waals surface area contributed by atoms with Gasteiger partial charge in [0.1, 0.15) is 34.9 Å². The van der Waals surface area contributed by atoms with Crippen molar-refractivity contribution in [1.29, 1.82) is 0 Å². The summed E-state index contributed by atoms with van der Waals surface area (Å²) in [5.74, 6) is -10.0. The third-order valence-corrected chi connectivity index (χ3v) is 4.14. The van der Waals surface area contributed by atoms with Crippen LogP contribution in [0.3, 0.4) is 0 Å². The van der Waals surface area contributed by atoms with Gasteiger partial charge in [0, 0.05) is 24.3 Å². The van der Waals surface area contributed by atoms with Crippen LogP contribution in [0.1, 0.15) is 21.5 Å². The normalized spacial score (nSPS) is 13.1. The molecular weight excluding hydrogens is 390 g/mol. The Bertz CT molecular complexity index is 1170. The van der Waals surface area contributed by atoms with Crippen LogP contribution in [0.4, 0.5) is 26.3 Å². The number of hydrogen-bond acceptors (Lipinski definition) is 2. The molecule has 28 heavy (non-hydrogen) atoms. The van der Waals surface area contributed by atoms with E-state index in [1.165, 1.54) is 0 Å². The molecule has 1 aliphatic rings. The minimum atomic E-state index is -1.40. The Balaban J connectivity index is 1.98. The molecule has 4 nitrogen and oxygen atoms in total. The summed E-state index contributed by atoms with van der Waals surface area (Å²) in [7, 11) is 0. The van der Waals surface area contributed by atoms with Gasteiger partial charge in [0.2, 0.25) is 0 Å². The van der Waals surface area contributed by atoms with Crippen LogP contribution in [0.2, 0.25) is 0 Å². The van der Waals surface area contributed by atoms with Crippen LogP contribution in [0.5, 0.6) is 5.88 Å². The number of fused-ring (bicyclic) bond motifs is 1. The standard InChI is InChI=1S/C18H6F6N2O2/c19-5-1-7(21)11(8(22)2-5)15-13-14(18(28)25-15)16(26-17(13)27)12-9(23)3-6(20)4-10(12)24/h1-4,25,28H. The number of aromatic amines is 1. The van der Waals surface area contributed by atoms with E-state index >= 15 is 0 Å². The van der Waals surface area contributed by atoms with Gasteiger partial charge in [-0.2, -0.15) is 0 Å². The number of carbonyl (C=O) groups is 1. The second-order valence-electron chi connectivity index (χ2n) is 5.85. The molecule has 142 valence electrons. The number of H-pyrrole nitrogens is 1. The molecule has 4 rings (SSSR count). The largest absolute Gasteiger partial charge is 0.494 e. The molecule has 1 amide bonds. The zero-order chi connectivity index (χ0) is 20.3. The van der Waals surface area contributed by atoms with Crippen molar-refractivity contribution in [2.24, 2.45) is 4.99 Å². The molecule has 1 aliphatic heterocycles. The molecule has 10 heteroatoms. The number of amides is 1. The monoisotopic (exact) mass is 396 g/mol. The fourth-order valence-electron chi connectivity index (χ4n) is 3.06. The Hall–Kier alpha value is -3.56. The van der Waals surface area contributed by atoms with Crippen LogP contribution in [0.25, 0.3) is 11.3 Å². The lowest BCUT2D eigenvalue weighted by molar-refractivity contribution is 0.101. The maximum atomic E-state index is 14.1. The fourth-order valence-corrected chi connectivity index (χ4v) is 3.06. The highest BCUT2D eigenvalue weighted by Crippen LogP contribution is 2.40. The highest BCUT2D eigenvalue weighted by atomic mass is 19.2. The van der Waals surface area contributed by atoms with Gasteiger partial charge in [-0.1, -0.05) is 0 Å². The van der Waals surface area contributed by atoms with Gasteiger partial charge < -0.3 is 10.1 Å². The van der Waals surface area contributed by atoms with Crippen LogP contribution in [0, 0.1) is 34.9 Å². The lowest BCUT2D eigenvalue weighted by atomic mass is 9.99. The van der Waals surface area contributed by atoms with Crippen molar-refractivity contribution in [3.05, 3.63) is 75.9 Å². The van der Waals surface area contributed by atoms with Gasteiger partial charge in [0.15, 0.2) is 5.88 Å². The molecule has 0 aliphatic carbocycles. The summed E-state index contributed by atoms with van der Waals surface area (Å²) in [6, 6.07) is 1.38. The molecule has 0 bridgehead atoms. The molecule has 0 fully saturated rings. The molecule has 2 aromatic carbocycles. The first-order valence-electron chi connectivity index (χ1n) is 7.57. The van der Waals surface area contributed by atoms with Crippen LogP contribution in [0.15, 0.2) is 29.3 Å². The van der Waals surface area contributed by atoms with E-state index in [9.17, 15) is 36.2 Å². The number of rotatable bonds is 2. The van der Waals surface area contributed by atoms with E-state index in [2.05, 4.69) is 9.98 Å². The van der Waals surface area contributed by atoms with Gasteiger partial charge in [0.05, 0.1) is 33.7 Å². The molecule has 3 aromatic rings. The van der Waals surface area contributed by atoms with Gasteiger partial charge in [-0.25, -0.2) is 31.3 Å². The number of aromatic hydroxyl groups is 1. The minimum absolute atomic E-state index is 0.341. The molecule has 0 radical (unpaired) electrons. The molecule has 0 saturated carbocycles. The Morgan fingerprint density at radius 2 is 1.18 bits per heavy atom. The summed E-state index contributed by atoms with van der Waals surface area (Å²) in [5.41, 5.74) is -4.14. The summed E-state index contributed by atoms with van der Waals surface area (Å²) in [4.78, 5) is 17.9. The van der Waals surface area contributed by atoms with Gasteiger partial charge in [0.25, 0.3) is 5.91 Å². The fraction of sp³-hybridized carbons (Fsp3) is 0. The molecule has 2 heterocycles. The van der Waals surface area contributed by atoms with E-state index in [0.717, 1.165) is 0 Å². The number of aliphatic imine (C=N–C) groups is 1. The maximum Gasteiger partial charge on any atom is 0.280 e. The van der Waals surface area contributed by atoms with E-state index in [4.69, 9.17) is 0 Å². The van der Waals surface area contributed by atoms with Crippen molar-refractivity contribution in [1.82, 2.24) is 4.98 Å². The Morgan fingerprint density at radius 1 is 0.714 bits per heavy atom. The van der Waals surface area contributed by atoms with E-state index in [0.29, 0.717) is 24.3 Å². The molecule has 1 aromatic heterocycles. The first-order chi connectivity index (χ1) is 13.2. The lowest BCUT2D eigenvalue weighted by Gasteiger charge is -2.05. The zero-order valence-electron chi connectivity index (χ0n) is 13.4. The summed E-state index contributed by atoms with van der Waals surface area (Å²) in [6.07, 6.45) is 0. The molecule has 0 saturated heterocycles. The second-order valence-corrected chi connectivity index (χ2v) is 5.85. The van der Waals surface area contributed by atoms with Crippen molar-refractivity contribution < 1.29 is 36.2 Å². The van der Waals surface area contributed by atoms with Crippen LogP contribution in [-0.2, 0) is 0 Å². The molecule has 0 atom stereocenters. The molecule has 2 N–H and O–H groups in total. The number of aromatic nitrogens is 1. The SMILES string of the molecule is O=C1N=C(c2c(F)cc(F)cc2F)c2c(O)[nH]c(-c3c(F)cc(F)cc3F)c21. The minimum Gasteiger partial charge on any atom is -0.494 e. The van der Waals surface area contributed by atoms with Crippen molar-refractivity contribution in [3.8, 4) is 17.1 Å². The van der Waals surface area contributed by atoms with Gasteiger partial charge in [-0.3, -0.25) is 4.79 Å². The third kappa shape index (κ3) is 2.48. The van der Waals surface area contributed by atoms with E-state index < -0.39 is 80.3 Å². The first kappa shape index (κ1) is 17.8. The van der Waals surface area contributed by atoms with Crippen molar-refractivity contribution in [2.45, 2.75) is 0 Å². The summed E-state index contributed by atoms with van der Waals surface area (Å²) >= 11 is 0. The maximum absolute atomic E-state index is 14.1. The predicted molar refractivity (Wildman–Crippen MR) is 84.1 cm³/mol. The van der Waals surface area contributed by atoms with Gasteiger partial charge >= 0.3 is 0 Å². The number of nitrogens with one attached hydrogen (secondary N) is 1. The topological polar surface area (TPSA) is 65.4 Å². The third-order valence-electron chi connectivity index (χ3n) is 4.14. The van der Waals surface area contributed by atoms with Gasteiger partial charge in [-0.15, -0.1) is 0 Å². The average Bonchev–Trinajstić information content (AvgIpc) is 3.05. The van der Waals surface area contributed by atoms with Gasteiger partial charge in [-0.05, 0) is 0 Å². The number of halogens is 6. The average molecular weight is 396 g/mol. The zero-order valence-corrected chi connectivity index (χ0v) is 13.4. The lowest BCUT2D eigenvalue weighted by Crippen LogP contribution is -2.07. The molecule has 0 unspecified atom stereocenters. The van der Waals surface area contributed by atoms with Crippen molar-refractivity contribution in [2.75, 3.05) is 0 Å². The second kappa shape index (κ2) is 5.98. The van der Waals surface area contributed by atoms with Crippen LogP contribution >= 0.6 is 0 Å². The summed E-state index contributed by atoms with van der Waals surface area (Å²) in [5, 5.41) is 10.1. The first-order valence-corrected chi connectivity index (χ1v) is 7.57.